The SMILES string of the molecule is O=C(O)CCCc1cccc2cnncc12. The molecule has 82 valence electrons. The normalized spacial score (nSPS) is 10.5. The van der Waals surface area contributed by atoms with Crippen molar-refractivity contribution in [2.45, 2.75) is 19.3 Å². The Morgan fingerprint density at radius 2 is 2.06 bits per heavy atom. The van der Waals surface area contributed by atoms with E-state index in [1.54, 1.807) is 12.4 Å². The fraction of sp³-hybridized carbons (Fsp3) is 0.250. The van der Waals surface area contributed by atoms with Crippen LogP contribution < -0.4 is 0 Å². The quantitative estimate of drug-likeness (QED) is 0.849. The lowest BCUT2D eigenvalue weighted by Gasteiger charge is -2.04. The van der Waals surface area contributed by atoms with Crippen molar-refractivity contribution in [1.29, 1.82) is 0 Å². The van der Waals surface area contributed by atoms with Crippen molar-refractivity contribution in [3.05, 3.63) is 36.2 Å². The van der Waals surface area contributed by atoms with E-state index in [0.717, 1.165) is 22.8 Å². The third-order valence-corrected chi connectivity index (χ3v) is 2.52. The van der Waals surface area contributed by atoms with Crippen molar-refractivity contribution >= 4 is 16.7 Å². The van der Waals surface area contributed by atoms with Gasteiger partial charge < -0.3 is 5.11 Å². The van der Waals surface area contributed by atoms with Crippen LogP contribution in [0.3, 0.4) is 0 Å². The number of hydrogen-bond acceptors (Lipinski definition) is 3. The van der Waals surface area contributed by atoms with Crippen LogP contribution in [0.1, 0.15) is 18.4 Å². The third-order valence-electron chi connectivity index (χ3n) is 2.52. The fourth-order valence-corrected chi connectivity index (χ4v) is 1.74. The van der Waals surface area contributed by atoms with Gasteiger partial charge >= 0.3 is 5.97 Å². The predicted molar refractivity (Wildman–Crippen MR) is 60.1 cm³/mol. The molecule has 1 aromatic heterocycles. The van der Waals surface area contributed by atoms with Crippen LogP contribution in [-0.2, 0) is 11.2 Å². The maximum atomic E-state index is 10.4. The highest BCUT2D eigenvalue weighted by atomic mass is 16.4. The zero-order valence-corrected chi connectivity index (χ0v) is 8.76. The average molecular weight is 216 g/mol. The molecule has 2 aromatic rings. The van der Waals surface area contributed by atoms with Crippen LogP contribution in [0.15, 0.2) is 30.6 Å². The summed E-state index contributed by atoms with van der Waals surface area (Å²) >= 11 is 0. The number of fused-ring (bicyclic) bond motifs is 1. The summed E-state index contributed by atoms with van der Waals surface area (Å²) in [5, 5.41) is 18.4. The van der Waals surface area contributed by atoms with E-state index < -0.39 is 5.97 Å². The molecule has 2 rings (SSSR count). The Labute approximate surface area is 92.9 Å². The molecular formula is C12H12N2O2. The summed E-state index contributed by atoms with van der Waals surface area (Å²) in [5.41, 5.74) is 1.13. The molecule has 1 aromatic carbocycles. The molecule has 0 aliphatic carbocycles. The highest BCUT2D eigenvalue weighted by Crippen LogP contribution is 2.18. The van der Waals surface area contributed by atoms with Gasteiger partial charge in [-0.15, -0.1) is 0 Å². The maximum Gasteiger partial charge on any atom is 0.303 e. The van der Waals surface area contributed by atoms with Crippen molar-refractivity contribution in [2.24, 2.45) is 0 Å². The highest BCUT2D eigenvalue weighted by Gasteiger charge is 2.02. The van der Waals surface area contributed by atoms with E-state index >= 15 is 0 Å². The Morgan fingerprint density at radius 3 is 2.88 bits per heavy atom. The molecule has 0 amide bonds. The zero-order valence-electron chi connectivity index (χ0n) is 8.76. The van der Waals surface area contributed by atoms with Crippen LogP contribution in [-0.4, -0.2) is 21.3 Å². The number of aliphatic carboxylic acids is 1. The Kier molecular flexibility index (Phi) is 3.10. The van der Waals surface area contributed by atoms with Crippen molar-refractivity contribution in [3.8, 4) is 0 Å². The predicted octanol–water partition coefficient (Wildman–Crippen LogP) is 2.04. The van der Waals surface area contributed by atoms with Gasteiger partial charge in [0.25, 0.3) is 0 Å². The molecule has 0 atom stereocenters. The topological polar surface area (TPSA) is 63.1 Å². The number of hydrogen-bond donors (Lipinski definition) is 1. The first kappa shape index (κ1) is 10.5. The lowest BCUT2D eigenvalue weighted by molar-refractivity contribution is -0.137. The second kappa shape index (κ2) is 4.70. The molecule has 0 aliphatic rings. The van der Waals surface area contributed by atoms with E-state index in [4.69, 9.17) is 5.11 Å². The van der Waals surface area contributed by atoms with Crippen molar-refractivity contribution in [1.82, 2.24) is 10.2 Å². The lowest BCUT2D eigenvalue weighted by Crippen LogP contribution is -1.96. The number of carboxylic acid groups (broad SMARTS) is 1. The van der Waals surface area contributed by atoms with E-state index in [9.17, 15) is 4.79 Å². The second-order valence-corrected chi connectivity index (χ2v) is 3.66. The summed E-state index contributed by atoms with van der Waals surface area (Å²) in [6.45, 7) is 0. The molecule has 0 bridgehead atoms. The van der Waals surface area contributed by atoms with Gasteiger partial charge in [0.05, 0.1) is 12.4 Å². The van der Waals surface area contributed by atoms with E-state index in [-0.39, 0.29) is 6.42 Å². The molecule has 0 spiro atoms. The zero-order chi connectivity index (χ0) is 11.4. The summed E-state index contributed by atoms with van der Waals surface area (Å²) in [5.74, 6) is -0.750. The van der Waals surface area contributed by atoms with Crippen LogP contribution in [0.25, 0.3) is 10.8 Å². The lowest BCUT2D eigenvalue weighted by atomic mass is 10.0. The van der Waals surface area contributed by atoms with Gasteiger partial charge in [-0.3, -0.25) is 4.79 Å². The Hall–Kier alpha value is -1.97. The largest absolute Gasteiger partial charge is 0.481 e. The van der Waals surface area contributed by atoms with Gasteiger partial charge in [-0.05, 0) is 18.4 Å². The fourth-order valence-electron chi connectivity index (χ4n) is 1.74. The Bertz CT molecular complexity index is 506. The smallest absolute Gasteiger partial charge is 0.303 e. The molecule has 1 heterocycles. The molecule has 0 aliphatic heterocycles. The van der Waals surface area contributed by atoms with Crippen LogP contribution in [0.4, 0.5) is 0 Å². The van der Waals surface area contributed by atoms with Gasteiger partial charge in [-0.1, -0.05) is 18.2 Å². The van der Waals surface area contributed by atoms with E-state index in [0.29, 0.717) is 6.42 Å². The summed E-state index contributed by atoms with van der Waals surface area (Å²) in [4.78, 5) is 10.4. The molecule has 4 heteroatoms. The Balaban J connectivity index is 2.20. The number of nitrogens with zero attached hydrogens (tertiary/aromatic N) is 2. The van der Waals surface area contributed by atoms with Gasteiger partial charge in [0.1, 0.15) is 0 Å². The van der Waals surface area contributed by atoms with Crippen LogP contribution >= 0.6 is 0 Å². The number of aryl methyl sites for hydroxylation is 1. The van der Waals surface area contributed by atoms with Gasteiger partial charge in [-0.2, -0.15) is 10.2 Å². The molecule has 0 saturated heterocycles. The van der Waals surface area contributed by atoms with E-state index in [1.165, 1.54) is 0 Å². The first-order chi connectivity index (χ1) is 7.77. The van der Waals surface area contributed by atoms with Crippen molar-refractivity contribution in [3.63, 3.8) is 0 Å². The second-order valence-electron chi connectivity index (χ2n) is 3.66. The average Bonchev–Trinajstić information content (AvgIpc) is 2.29. The molecule has 1 N–H and O–H groups in total. The first-order valence-corrected chi connectivity index (χ1v) is 5.17. The van der Waals surface area contributed by atoms with Crippen molar-refractivity contribution in [2.75, 3.05) is 0 Å². The monoisotopic (exact) mass is 216 g/mol. The summed E-state index contributed by atoms with van der Waals surface area (Å²) in [6.07, 6.45) is 5.06. The molecular weight excluding hydrogens is 204 g/mol. The van der Waals surface area contributed by atoms with Gasteiger partial charge in [0.15, 0.2) is 0 Å². The number of rotatable bonds is 4. The summed E-state index contributed by atoms with van der Waals surface area (Å²) in [7, 11) is 0. The molecule has 0 radical (unpaired) electrons. The standard InChI is InChI=1S/C12H12N2O2/c15-12(16)6-2-4-9-3-1-5-10-7-13-14-8-11(9)10/h1,3,5,7-8H,2,4,6H2,(H,15,16). The van der Waals surface area contributed by atoms with Crippen LogP contribution in [0, 0.1) is 0 Å². The minimum atomic E-state index is -0.750. The molecule has 0 fully saturated rings. The minimum absolute atomic E-state index is 0.203. The Morgan fingerprint density at radius 1 is 1.25 bits per heavy atom. The van der Waals surface area contributed by atoms with E-state index in [2.05, 4.69) is 10.2 Å². The molecule has 16 heavy (non-hydrogen) atoms. The summed E-state index contributed by atoms with van der Waals surface area (Å²) < 4.78 is 0. The first-order valence-electron chi connectivity index (χ1n) is 5.17. The van der Waals surface area contributed by atoms with Crippen molar-refractivity contribution < 1.29 is 9.90 Å². The highest BCUT2D eigenvalue weighted by molar-refractivity contribution is 5.84. The van der Waals surface area contributed by atoms with Gasteiger partial charge in [-0.25, -0.2) is 0 Å². The van der Waals surface area contributed by atoms with Crippen LogP contribution in [0.2, 0.25) is 0 Å². The van der Waals surface area contributed by atoms with Gasteiger partial charge in [0.2, 0.25) is 0 Å². The van der Waals surface area contributed by atoms with E-state index in [1.807, 2.05) is 18.2 Å². The molecule has 0 saturated carbocycles. The number of carbonyl (C=O) groups is 1. The van der Waals surface area contributed by atoms with Gasteiger partial charge in [0, 0.05) is 17.2 Å². The number of aromatic nitrogens is 2. The minimum Gasteiger partial charge on any atom is -0.481 e. The van der Waals surface area contributed by atoms with Crippen LogP contribution in [0.5, 0.6) is 0 Å². The molecule has 4 nitrogen and oxygen atoms in total. The number of carboxylic acids is 1. The maximum absolute atomic E-state index is 10.4. The molecule has 0 unspecified atom stereocenters. The third kappa shape index (κ3) is 2.34. The number of benzene rings is 1. The summed E-state index contributed by atoms with van der Waals surface area (Å²) in [6, 6.07) is 5.94.